The molecule has 1 atom stereocenters. The van der Waals surface area contributed by atoms with Crippen LogP contribution < -0.4 is 4.91 Å². The van der Waals surface area contributed by atoms with Crippen LogP contribution in [0.5, 0.6) is 0 Å². The van der Waals surface area contributed by atoms with Crippen LogP contribution in [0.15, 0.2) is 29.4 Å². The van der Waals surface area contributed by atoms with Crippen LogP contribution in [0.2, 0.25) is 0 Å². The fourth-order valence-electron chi connectivity index (χ4n) is 1.04. The van der Waals surface area contributed by atoms with E-state index in [1.54, 1.807) is 0 Å². The van der Waals surface area contributed by atoms with Gasteiger partial charge in [0.1, 0.15) is 16.7 Å². The molecule has 0 aliphatic carbocycles. The summed E-state index contributed by atoms with van der Waals surface area (Å²) in [7, 11) is 0. The summed E-state index contributed by atoms with van der Waals surface area (Å²) in [5.41, 5.74) is 6.88. The Labute approximate surface area is 84.7 Å². The summed E-state index contributed by atoms with van der Waals surface area (Å²) in [4.78, 5) is 12.6. The van der Waals surface area contributed by atoms with Crippen LogP contribution in [-0.4, -0.2) is 16.6 Å². The van der Waals surface area contributed by atoms with Gasteiger partial charge in [0, 0.05) is 12.1 Å². The maximum Gasteiger partial charge on any atom is 0.269 e. The molecule has 7 heteroatoms. The van der Waals surface area contributed by atoms with Gasteiger partial charge >= 0.3 is 0 Å². The lowest BCUT2D eigenvalue weighted by atomic mass is 10.1. The lowest BCUT2D eigenvalue weighted by molar-refractivity contribution is -0.384. The third kappa shape index (κ3) is 2.94. The van der Waals surface area contributed by atoms with E-state index < -0.39 is 11.0 Å². The van der Waals surface area contributed by atoms with Crippen molar-refractivity contribution in [1.29, 1.82) is 5.53 Å². The number of aliphatic hydroxyl groups is 1. The average Bonchev–Trinajstić information content (AvgIpc) is 2.26. The summed E-state index contributed by atoms with van der Waals surface area (Å²) >= 11 is 0. The van der Waals surface area contributed by atoms with Crippen LogP contribution in [0, 0.1) is 15.6 Å². The largest absolute Gasteiger partial charge is 0.386 e. The van der Waals surface area contributed by atoms with E-state index in [0.717, 1.165) is 0 Å². The lowest BCUT2D eigenvalue weighted by Gasteiger charge is -2.03. The number of nitrogens with one attached hydrogen (secondary N) is 1. The summed E-state index contributed by atoms with van der Waals surface area (Å²) in [6, 6.07) is 5.50. The highest BCUT2D eigenvalue weighted by Gasteiger charge is 2.11. The van der Waals surface area contributed by atoms with Crippen molar-refractivity contribution in [2.75, 3.05) is 6.54 Å². The molecule has 0 saturated heterocycles. The molecule has 0 spiro atoms. The number of benzene rings is 1. The van der Waals surface area contributed by atoms with E-state index in [1.165, 1.54) is 24.3 Å². The molecule has 78 valence electrons. The van der Waals surface area contributed by atoms with E-state index in [9.17, 15) is 15.2 Å². The van der Waals surface area contributed by atoms with Gasteiger partial charge in [-0.05, 0) is 17.7 Å². The first-order valence-corrected chi connectivity index (χ1v) is 4.11. The van der Waals surface area contributed by atoms with Crippen LogP contribution in [0.3, 0.4) is 0 Å². The van der Waals surface area contributed by atoms with Crippen LogP contribution >= 0.6 is 0 Å². The van der Waals surface area contributed by atoms with Crippen LogP contribution in [0.1, 0.15) is 11.7 Å². The number of hydrogen-bond acceptors (Lipinski definition) is 5. The molecule has 1 aromatic rings. The fourth-order valence-corrected chi connectivity index (χ4v) is 1.04. The molecule has 0 aliphatic heterocycles. The summed E-state index contributed by atoms with van der Waals surface area (Å²) in [6.07, 6.45) is -0.889. The van der Waals surface area contributed by atoms with Crippen molar-refractivity contribution in [3.8, 4) is 0 Å². The summed E-state index contributed by atoms with van der Waals surface area (Å²) < 4.78 is 0. The van der Waals surface area contributed by atoms with Crippen LogP contribution in [0.4, 0.5) is 5.69 Å². The Balaban J connectivity index is 2.79. The highest BCUT2D eigenvalue weighted by atomic mass is 16.6. The normalized spacial score (nSPS) is 11.5. The number of nitro groups is 1. The predicted octanol–water partition coefficient (Wildman–Crippen LogP) is 1.18. The number of nitro benzene ring substituents is 1. The smallest absolute Gasteiger partial charge is 0.269 e. The zero-order valence-electron chi connectivity index (χ0n) is 7.70. The minimum atomic E-state index is -0.889. The van der Waals surface area contributed by atoms with Gasteiger partial charge < -0.3 is 5.11 Å². The third-order valence-electron chi connectivity index (χ3n) is 1.81. The standard InChI is InChI=1S/C8H9N4O3/c9-11-10-5-8(13)6-1-3-7(4-2-6)12(14)15/h1-4,8-9,13H,5H2/q+1/t8-/m0/s1. The van der Waals surface area contributed by atoms with Crippen molar-refractivity contribution >= 4 is 5.69 Å². The number of rotatable bonds is 4. The fraction of sp³-hybridized carbons (Fsp3) is 0.250. The van der Waals surface area contributed by atoms with E-state index in [0.29, 0.717) is 5.56 Å². The molecule has 0 unspecified atom stereocenters. The summed E-state index contributed by atoms with van der Waals surface area (Å²) in [5.74, 6) is 0. The molecule has 1 rings (SSSR count). The van der Waals surface area contributed by atoms with E-state index in [4.69, 9.17) is 5.53 Å². The van der Waals surface area contributed by atoms with E-state index in [-0.39, 0.29) is 12.2 Å². The highest BCUT2D eigenvalue weighted by molar-refractivity contribution is 5.33. The maximum absolute atomic E-state index is 10.3. The Morgan fingerprint density at radius 1 is 1.53 bits per heavy atom. The molecule has 1 aromatic carbocycles. The molecular formula is C8H9N4O3+. The quantitative estimate of drug-likeness (QED) is 0.335. The minimum Gasteiger partial charge on any atom is -0.386 e. The number of hydrogen-bond donors (Lipinski definition) is 2. The Morgan fingerprint density at radius 3 is 2.60 bits per heavy atom. The average molecular weight is 209 g/mol. The zero-order valence-corrected chi connectivity index (χ0v) is 7.70. The van der Waals surface area contributed by atoms with E-state index in [2.05, 4.69) is 10.0 Å². The van der Waals surface area contributed by atoms with Crippen molar-refractivity contribution in [2.24, 2.45) is 5.11 Å². The van der Waals surface area contributed by atoms with Crippen LogP contribution in [0.25, 0.3) is 0 Å². The zero-order chi connectivity index (χ0) is 11.3. The molecule has 0 bridgehead atoms. The summed E-state index contributed by atoms with van der Waals surface area (Å²) in [5, 5.41) is 23.1. The van der Waals surface area contributed by atoms with Gasteiger partial charge in [0.15, 0.2) is 6.54 Å². The Bertz CT molecular complexity index is 397. The van der Waals surface area contributed by atoms with Gasteiger partial charge in [0.25, 0.3) is 5.69 Å². The molecule has 0 saturated carbocycles. The summed E-state index contributed by atoms with van der Waals surface area (Å²) in [6.45, 7) is -0.0265. The second kappa shape index (κ2) is 4.94. The molecule has 0 aliphatic rings. The van der Waals surface area contributed by atoms with Crippen molar-refractivity contribution in [2.45, 2.75) is 6.10 Å². The monoisotopic (exact) mass is 209 g/mol. The second-order valence-electron chi connectivity index (χ2n) is 2.79. The van der Waals surface area contributed by atoms with Gasteiger partial charge in [0.05, 0.1) is 4.92 Å². The van der Waals surface area contributed by atoms with Crippen molar-refractivity contribution in [1.82, 2.24) is 4.91 Å². The first-order valence-electron chi connectivity index (χ1n) is 4.11. The van der Waals surface area contributed by atoms with Gasteiger partial charge in [-0.15, -0.1) is 0 Å². The van der Waals surface area contributed by atoms with Gasteiger partial charge in [-0.25, -0.2) is 0 Å². The molecule has 2 N–H and O–H groups in total. The Hall–Kier alpha value is -2.11. The predicted molar refractivity (Wildman–Crippen MR) is 50.2 cm³/mol. The van der Waals surface area contributed by atoms with E-state index >= 15 is 0 Å². The topological polar surface area (TPSA) is 114 Å². The van der Waals surface area contributed by atoms with Crippen LogP contribution in [-0.2, 0) is 0 Å². The molecule has 0 radical (unpaired) electrons. The molecule has 7 nitrogen and oxygen atoms in total. The van der Waals surface area contributed by atoms with Gasteiger partial charge in [-0.2, -0.15) is 0 Å². The SMILES string of the molecule is N=[N+]=NC[C@H](O)c1ccc([N+](=O)[O-])cc1. The second-order valence-corrected chi connectivity index (χ2v) is 2.79. The third-order valence-corrected chi connectivity index (χ3v) is 1.81. The van der Waals surface area contributed by atoms with Crippen molar-refractivity contribution in [3.05, 3.63) is 39.9 Å². The molecule has 0 aromatic heterocycles. The minimum absolute atomic E-state index is 0.0265. The first kappa shape index (κ1) is 11.0. The molecule has 0 amide bonds. The Kier molecular flexibility index (Phi) is 3.61. The molecular weight excluding hydrogens is 200 g/mol. The molecule has 15 heavy (non-hydrogen) atoms. The highest BCUT2D eigenvalue weighted by Crippen LogP contribution is 2.17. The first-order chi connectivity index (χ1) is 7.15. The number of non-ortho nitro benzene ring substituents is 1. The van der Waals surface area contributed by atoms with Crippen molar-refractivity contribution < 1.29 is 10.0 Å². The lowest BCUT2D eigenvalue weighted by Crippen LogP contribution is -2.01. The number of nitrogens with zero attached hydrogens (tertiary/aromatic N) is 3. The van der Waals surface area contributed by atoms with Gasteiger partial charge in [-0.3, -0.25) is 10.1 Å². The maximum atomic E-state index is 10.3. The molecule has 0 fully saturated rings. The molecule has 0 heterocycles. The number of aliphatic hydroxyl groups excluding tert-OH is 1. The van der Waals surface area contributed by atoms with E-state index in [1.807, 2.05) is 0 Å². The van der Waals surface area contributed by atoms with Crippen molar-refractivity contribution in [3.63, 3.8) is 0 Å². The Morgan fingerprint density at radius 2 is 2.13 bits per heavy atom. The van der Waals surface area contributed by atoms with Gasteiger partial charge in [0.2, 0.25) is 4.91 Å². The van der Waals surface area contributed by atoms with Gasteiger partial charge in [-0.1, -0.05) is 0 Å².